The molecule has 20 heavy (non-hydrogen) atoms. The molecule has 0 saturated carbocycles. The predicted molar refractivity (Wildman–Crippen MR) is 76.4 cm³/mol. The summed E-state index contributed by atoms with van der Waals surface area (Å²) in [6, 6.07) is 0. The average molecular weight is 282 g/mol. The van der Waals surface area contributed by atoms with E-state index < -0.39 is 5.56 Å². The maximum Gasteiger partial charge on any atom is 0.259 e. The van der Waals surface area contributed by atoms with Crippen LogP contribution in [0.15, 0.2) is 4.79 Å². The molecule has 7 nitrogen and oxygen atoms in total. The van der Waals surface area contributed by atoms with Gasteiger partial charge in [-0.15, -0.1) is 0 Å². The van der Waals surface area contributed by atoms with Crippen molar-refractivity contribution in [2.24, 2.45) is 0 Å². The van der Waals surface area contributed by atoms with E-state index in [0.717, 1.165) is 12.8 Å². The minimum absolute atomic E-state index is 0.0204. The number of nitrogen functional groups attached to an aromatic ring is 1. The Bertz CT molecular complexity index is 499. The van der Waals surface area contributed by atoms with Gasteiger partial charge >= 0.3 is 0 Å². The van der Waals surface area contributed by atoms with Crippen LogP contribution >= 0.6 is 0 Å². The first-order valence-electron chi connectivity index (χ1n) is 6.89. The van der Waals surface area contributed by atoms with Crippen molar-refractivity contribution in [2.75, 3.05) is 12.3 Å². The lowest BCUT2D eigenvalue weighted by molar-refractivity contribution is -0.121. The number of hydrogen-bond donors (Lipinski definition) is 4. The molecule has 1 heterocycles. The first-order chi connectivity index (χ1) is 9.54. The fraction of sp³-hybridized carbons (Fsp3) is 0.615. The van der Waals surface area contributed by atoms with Crippen molar-refractivity contribution < 1.29 is 9.90 Å². The lowest BCUT2D eigenvalue weighted by Crippen LogP contribution is -2.24. The van der Waals surface area contributed by atoms with Gasteiger partial charge in [-0.3, -0.25) is 14.6 Å². The molecule has 0 saturated heterocycles. The van der Waals surface area contributed by atoms with Gasteiger partial charge in [-0.25, -0.2) is 0 Å². The van der Waals surface area contributed by atoms with E-state index in [1.807, 2.05) is 0 Å². The standard InChI is InChI=1S/C13H22N4O3/c1-2-3-8-15-10(18)7-5-4-6-9-11(19)16-13(14)17-12(9)20/h2-8H2,1H3,(H,15,18)(H4,14,16,17,19,20). The van der Waals surface area contributed by atoms with E-state index in [1.165, 1.54) is 0 Å². The number of nitrogens with zero attached hydrogens (tertiary/aromatic N) is 1. The van der Waals surface area contributed by atoms with Gasteiger partial charge in [-0.1, -0.05) is 13.3 Å². The SMILES string of the molecule is CCCCNC(=O)CCCCc1c(O)nc(N)[nH]c1=O. The number of unbranched alkanes of at least 4 members (excludes halogenated alkanes) is 2. The van der Waals surface area contributed by atoms with Gasteiger partial charge in [0.1, 0.15) is 0 Å². The lowest BCUT2D eigenvalue weighted by Gasteiger charge is -2.05. The molecule has 7 heteroatoms. The molecule has 0 aliphatic carbocycles. The Hall–Kier alpha value is -2.05. The molecule has 0 aromatic carbocycles. The second-order valence-electron chi connectivity index (χ2n) is 4.66. The zero-order chi connectivity index (χ0) is 15.0. The molecule has 0 aliphatic rings. The van der Waals surface area contributed by atoms with E-state index >= 15 is 0 Å². The molecule has 1 rings (SSSR count). The monoisotopic (exact) mass is 282 g/mol. The fourth-order valence-electron chi connectivity index (χ4n) is 1.81. The number of nitrogens with two attached hydrogens (primary N) is 1. The number of hydrogen-bond acceptors (Lipinski definition) is 5. The molecule has 112 valence electrons. The molecule has 0 spiro atoms. The molecule has 0 unspecified atom stereocenters. The van der Waals surface area contributed by atoms with E-state index in [-0.39, 0.29) is 23.3 Å². The van der Waals surface area contributed by atoms with Crippen LogP contribution in [0.4, 0.5) is 5.95 Å². The lowest BCUT2D eigenvalue weighted by atomic mass is 10.1. The summed E-state index contributed by atoms with van der Waals surface area (Å²) < 4.78 is 0. The number of carbonyl (C=O) groups excluding carboxylic acids is 1. The van der Waals surface area contributed by atoms with Crippen molar-refractivity contribution >= 4 is 11.9 Å². The Morgan fingerprint density at radius 3 is 2.80 bits per heavy atom. The number of aromatic amines is 1. The summed E-state index contributed by atoms with van der Waals surface area (Å²) in [6.07, 6.45) is 4.10. The Morgan fingerprint density at radius 2 is 2.15 bits per heavy atom. The van der Waals surface area contributed by atoms with E-state index in [2.05, 4.69) is 22.2 Å². The smallest absolute Gasteiger partial charge is 0.259 e. The molecule has 0 atom stereocenters. The molecular weight excluding hydrogens is 260 g/mol. The third kappa shape index (κ3) is 5.29. The Kier molecular flexibility index (Phi) is 6.55. The highest BCUT2D eigenvalue weighted by molar-refractivity contribution is 5.75. The number of aromatic hydroxyl groups is 1. The quantitative estimate of drug-likeness (QED) is 0.523. The number of nitrogens with one attached hydrogen (secondary N) is 2. The summed E-state index contributed by atoms with van der Waals surface area (Å²) >= 11 is 0. The van der Waals surface area contributed by atoms with Crippen molar-refractivity contribution in [1.82, 2.24) is 15.3 Å². The minimum atomic E-state index is -0.428. The van der Waals surface area contributed by atoms with Crippen molar-refractivity contribution in [3.05, 3.63) is 15.9 Å². The minimum Gasteiger partial charge on any atom is -0.493 e. The largest absolute Gasteiger partial charge is 0.493 e. The van der Waals surface area contributed by atoms with Crippen LogP contribution < -0.4 is 16.6 Å². The second kappa shape index (κ2) is 8.19. The number of amides is 1. The van der Waals surface area contributed by atoms with Crippen molar-refractivity contribution in [2.45, 2.75) is 45.4 Å². The van der Waals surface area contributed by atoms with Crippen molar-refractivity contribution in [1.29, 1.82) is 0 Å². The molecule has 0 fully saturated rings. The molecule has 0 bridgehead atoms. The third-order valence-electron chi connectivity index (χ3n) is 2.95. The first-order valence-corrected chi connectivity index (χ1v) is 6.89. The van der Waals surface area contributed by atoms with Crippen LogP contribution in [0.5, 0.6) is 5.88 Å². The summed E-state index contributed by atoms with van der Waals surface area (Å²) in [6.45, 7) is 2.77. The van der Waals surface area contributed by atoms with Gasteiger partial charge in [-0.2, -0.15) is 4.98 Å². The summed E-state index contributed by atoms with van der Waals surface area (Å²) in [5.41, 5.74) is 5.09. The maximum atomic E-state index is 11.5. The van der Waals surface area contributed by atoms with Crippen LogP contribution in [0.2, 0.25) is 0 Å². The average Bonchev–Trinajstić information content (AvgIpc) is 2.37. The van der Waals surface area contributed by atoms with E-state index in [1.54, 1.807) is 0 Å². The van der Waals surface area contributed by atoms with Crippen LogP contribution in [-0.4, -0.2) is 27.5 Å². The van der Waals surface area contributed by atoms with Gasteiger partial charge in [0.05, 0.1) is 5.56 Å². The van der Waals surface area contributed by atoms with Crippen LogP contribution in [0.1, 0.15) is 44.6 Å². The van der Waals surface area contributed by atoms with Crippen molar-refractivity contribution in [3.8, 4) is 5.88 Å². The maximum absolute atomic E-state index is 11.5. The van der Waals surface area contributed by atoms with Gasteiger partial charge in [-0.05, 0) is 25.7 Å². The number of aromatic nitrogens is 2. The molecule has 5 N–H and O–H groups in total. The Morgan fingerprint density at radius 1 is 1.40 bits per heavy atom. The van der Waals surface area contributed by atoms with E-state index in [9.17, 15) is 14.7 Å². The normalized spacial score (nSPS) is 10.4. The van der Waals surface area contributed by atoms with Gasteiger partial charge in [0.15, 0.2) is 0 Å². The van der Waals surface area contributed by atoms with Crippen molar-refractivity contribution in [3.63, 3.8) is 0 Å². The van der Waals surface area contributed by atoms with Gasteiger partial charge in [0.25, 0.3) is 5.56 Å². The molecule has 1 aromatic rings. The molecular formula is C13H22N4O3. The summed E-state index contributed by atoms with van der Waals surface area (Å²) in [5.74, 6) is -0.419. The van der Waals surface area contributed by atoms with Crippen LogP contribution in [0.3, 0.4) is 0 Å². The Labute approximate surface area is 117 Å². The molecule has 0 aliphatic heterocycles. The van der Waals surface area contributed by atoms with Crippen LogP contribution in [-0.2, 0) is 11.2 Å². The van der Waals surface area contributed by atoms with Gasteiger partial charge in [0.2, 0.25) is 17.7 Å². The summed E-state index contributed by atoms with van der Waals surface area (Å²) in [7, 11) is 0. The zero-order valence-electron chi connectivity index (χ0n) is 11.7. The number of carbonyl (C=O) groups is 1. The summed E-state index contributed by atoms with van der Waals surface area (Å²) in [5, 5.41) is 12.4. The first kappa shape index (κ1) is 16.0. The second-order valence-corrected chi connectivity index (χ2v) is 4.66. The molecule has 1 aromatic heterocycles. The number of rotatable bonds is 8. The highest BCUT2D eigenvalue weighted by Crippen LogP contribution is 2.12. The van der Waals surface area contributed by atoms with Crippen LogP contribution in [0, 0.1) is 0 Å². The topological polar surface area (TPSA) is 121 Å². The number of anilines is 1. The van der Waals surface area contributed by atoms with Gasteiger partial charge in [0, 0.05) is 13.0 Å². The van der Waals surface area contributed by atoms with Crippen LogP contribution in [0.25, 0.3) is 0 Å². The van der Waals surface area contributed by atoms with E-state index in [0.29, 0.717) is 32.2 Å². The predicted octanol–water partition coefficient (Wildman–Crippen LogP) is 0.687. The fourth-order valence-corrected chi connectivity index (χ4v) is 1.81. The number of H-pyrrole nitrogens is 1. The third-order valence-corrected chi connectivity index (χ3v) is 2.95. The molecule has 1 amide bonds. The highest BCUT2D eigenvalue weighted by atomic mass is 16.3. The highest BCUT2D eigenvalue weighted by Gasteiger charge is 2.09. The Balaban J connectivity index is 2.31. The van der Waals surface area contributed by atoms with Gasteiger partial charge < -0.3 is 16.2 Å². The van der Waals surface area contributed by atoms with E-state index in [4.69, 9.17) is 5.73 Å². The molecule has 0 radical (unpaired) electrons. The summed E-state index contributed by atoms with van der Waals surface area (Å²) in [4.78, 5) is 28.9. The zero-order valence-corrected chi connectivity index (χ0v) is 11.7.